The van der Waals surface area contributed by atoms with Gasteiger partial charge in [0.25, 0.3) is 0 Å². The van der Waals surface area contributed by atoms with E-state index >= 15 is 0 Å². The summed E-state index contributed by atoms with van der Waals surface area (Å²) in [5, 5.41) is 0. The Morgan fingerprint density at radius 1 is 1.39 bits per heavy atom. The fraction of sp³-hybridized carbons (Fsp3) is 0.571. The van der Waals surface area contributed by atoms with Crippen LogP contribution in [0.25, 0.3) is 0 Å². The number of hydrogen-bond donors (Lipinski definition) is 0. The van der Waals surface area contributed by atoms with E-state index in [-0.39, 0.29) is 6.10 Å². The minimum Gasteiger partial charge on any atom is -0.351 e. The van der Waals surface area contributed by atoms with Crippen LogP contribution in [0.3, 0.4) is 0 Å². The minimum atomic E-state index is -0.571. The van der Waals surface area contributed by atoms with Crippen LogP contribution in [-0.4, -0.2) is 23.4 Å². The van der Waals surface area contributed by atoms with Crippen LogP contribution in [0.5, 0.6) is 0 Å². The average Bonchev–Trinajstić information content (AvgIpc) is 2.47. The quantitative estimate of drug-likeness (QED) is 0.456. The first-order valence-electron chi connectivity index (χ1n) is 6.27. The Morgan fingerprint density at radius 2 is 2.17 bits per heavy atom. The maximum atomic E-state index is 5.54. The van der Waals surface area contributed by atoms with Crippen molar-refractivity contribution in [3.05, 3.63) is 35.9 Å². The molecule has 2 atom stereocenters. The lowest BCUT2D eigenvalue weighted by Crippen LogP contribution is -2.42. The summed E-state index contributed by atoms with van der Waals surface area (Å²) in [6.07, 6.45) is 3.84. The molecule has 1 aromatic rings. The molecule has 1 saturated heterocycles. The van der Waals surface area contributed by atoms with E-state index in [2.05, 4.69) is 46.9 Å². The van der Waals surface area contributed by atoms with Crippen molar-refractivity contribution in [2.45, 2.75) is 37.6 Å². The van der Waals surface area contributed by atoms with Crippen LogP contribution in [0, 0.1) is 0 Å². The maximum Gasteiger partial charge on any atom is 0.201 e. The SMILES string of the molecule is COC1(CCc2ccccc2)CCC(CI)OO1. The monoisotopic (exact) mass is 362 g/mol. The second-order valence-corrected chi connectivity index (χ2v) is 5.48. The molecule has 4 heteroatoms. The molecule has 0 N–H and O–H groups in total. The summed E-state index contributed by atoms with van der Waals surface area (Å²) in [5.74, 6) is -0.571. The molecule has 0 radical (unpaired) electrons. The molecule has 0 aliphatic carbocycles. The van der Waals surface area contributed by atoms with Crippen LogP contribution in [0.2, 0.25) is 0 Å². The van der Waals surface area contributed by atoms with Crippen LogP contribution >= 0.6 is 22.6 Å². The van der Waals surface area contributed by atoms with Gasteiger partial charge in [-0.05, 0) is 18.4 Å². The van der Waals surface area contributed by atoms with Crippen molar-refractivity contribution in [2.75, 3.05) is 11.5 Å². The summed E-state index contributed by atoms with van der Waals surface area (Å²) >= 11 is 2.32. The van der Waals surface area contributed by atoms with Gasteiger partial charge in [-0.3, -0.25) is 0 Å². The van der Waals surface area contributed by atoms with Crippen molar-refractivity contribution in [1.29, 1.82) is 0 Å². The largest absolute Gasteiger partial charge is 0.351 e. The van der Waals surface area contributed by atoms with Gasteiger partial charge in [-0.1, -0.05) is 52.9 Å². The smallest absolute Gasteiger partial charge is 0.201 e. The van der Waals surface area contributed by atoms with Gasteiger partial charge in [0.1, 0.15) is 6.10 Å². The molecule has 1 aliphatic rings. The van der Waals surface area contributed by atoms with E-state index in [9.17, 15) is 0 Å². The lowest BCUT2D eigenvalue weighted by Gasteiger charge is -2.37. The molecule has 0 aromatic heterocycles. The second kappa shape index (κ2) is 6.84. The molecule has 0 spiro atoms. The number of ether oxygens (including phenoxy) is 1. The molecular formula is C14H19IO3. The molecule has 0 amide bonds. The molecule has 0 saturated carbocycles. The van der Waals surface area contributed by atoms with E-state index in [0.29, 0.717) is 0 Å². The summed E-state index contributed by atoms with van der Waals surface area (Å²) in [4.78, 5) is 10.9. The molecule has 1 heterocycles. The molecule has 1 fully saturated rings. The zero-order valence-electron chi connectivity index (χ0n) is 10.6. The number of hydrogen-bond acceptors (Lipinski definition) is 3. The van der Waals surface area contributed by atoms with Gasteiger partial charge < -0.3 is 4.74 Å². The van der Waals surface area contributed by atoms with Gasteiger partial charge >= 0.3 is 0 Å². The number of alkyl halides is 1. The highest BCUT2D eigenvalue weighted by molar-refractivity contribution is 14.1. The van der Waals surface area contributed by atoms with Crippen LogP contribution in [0.4, 0.5) is 0 Å². The van der Waals surface area contributed by atoms with Crippen LogP contribution in [0.15, 0.2) is 30.3 Å². The molecule has 100 valence electrons. The first-order chi connectivity index (χ1) is 8.78. The summed E-state index contributed by atoms with van der Waals surface area (Å²) in [5.41, 5.74) is 1.30. The highest BCUT2D eigenvalue weighted by atomic mass is 127. The van der Waals surface area contributed by atoms with Gasteiger partial charge in [0.15, 0.2) is 0 Å². The first kappa shape index (κ1) is 14.2. The minimum absolute atomic E-state index is 0.200. The summed E-state index contributed by atoms with van der Waals surface area (Å²) < 4.78 is 6.50. The summed E-state index contributed by atoms with van der Waals surface area (Å²) in [6, 6.07) is 10.4. The Kier molecular flexibility index (Phi) is 5.41. The van der Waals surface area contributed by atoms with E-state index in [4.69, 9.17) is 14.5 Å². The molecule has 0 bridgehead atoms. The zero-order chi connectivity index (χ0) is 12.8. The third kappa shape index (κ3) is 3.66. The third-order valence-corrected chi connectivity index (χ3v) is 4.35. The predicted octanol–water partition coefficient (Wildman–Crippen LogP) is 3.51. The second-order valence-electron chi connectivity index (χ2n) is 4.59. The van der Waals surface area contributed by atoms with E-state index in [1.807, 2.05) is 6.07 Å². The predicted molar refractivity (Wildman–Crippen MR) is 78.6 cm³/mol. The average molecular weight is 362 g/mol. The number of aryl methyl sites for hydroxylation is 1. The Hall–Kier alpha value is -0.170. The Balaban J connectivity index is 1.89. The van der Waals surface area contributed by atoms with Gasteiger partial charge in [0.2, 0.25) is 5.79 Å². The number of methoxy groups -OCH3 is 1. The Morgan fingerprint density at radius 3 is 2.72 bits per heavy atom. The number of halogens is 1. The fourth-order valence-corrected chi connectivity index (χ4v) is 2.70. The van der Waals surface area contributed by atoms with Crippen LogP contribution in [0.1, 0.15) is 24.8 Å². The van der Waals surface area contributed by atoms with Gasteiger partial charge in [-0.25, -0.2) is 9.78 Å². The molecule has 2 unspecified atom stereocenters. The van der Waals surface area contributed by atoms with Gasteiger partial charge in [-0.15, -0.1) is 0 Å². The van der Waals surface area contributed by atoms with Crippen LogP contribution in [-0.2, 0) is 20.9 Å². The number of rotatable bonds is 5. The number of benzene rings is 1. The normalized spacial score (nSPS) is 28.2. The topological polar surface area (TPSA) is 27.7 Å². The van der Waals surface area contributed by atoms with Crippen molar-refractivity contribution in [3.8, 4) is 0 Å². The van der Waals surface area contributed by atoms with Gasteiger partial charge in [0.05, 0.1) is 0 Å². The van der Waals surface area contributed by atoms with Crippen molar-refractivity contribution < 1.29 is 14.5 Å². The molecule has 18 heavy (non-hydrogen) atoms. The highest BCUT2D eigenvalue weighted by Gasteiger charge is 2.37. The van der Waals surface area contributed by atoms with E-state index in [1.54, 1.807) is 7.11 Å². The molecule has 1 aliphatic heterocycles. The third-order valence-electron chi connectivity index (χ3n) is 3.36. The van der Waals surface area contributed by atoms with Crippen LogP contribution < -0.4 is 0 Å². The fourth-order valence-electron chi connectivity index (χ4n) is 2.11. The Bertz CT molecular complexity index is 347. The van der Waals surface area contributed by atoms with E-state index in [1.165, 1.54) is 5.56 Å². The highest BCUT2D eigenvalue weighted by Crippen LogP contribution is 2.32. The van der Waals surface area contributed by atoms with Gasteiger partial charge in [0, 0.05) is 24.4 Å². The lowest BCUT2D eigenvalue weighted by molar-refractivity contribution is -0.462. The zero-order valence-corrected chi connectivity index (χ0v) is 12.8. The maximum absolute atomic E-state index is 5.54. The molecule has 2 rings (SSSR count). The molecule has 1 aromatic carbocycles. The van der Waals surface area contributed by atoms with Crippen molar-refractivity contribution in [1.82, 2.24) is 0 Å². The molecule has 3 nitrogen and oxygen atoms in total. The lowest BCUT2D eigenvalue weighted by atomic mass is 9.98. The summed E-state index contributed by atoms with van der Waals surface area (Å²) in [6.45, 7) is 0. The van der Waals surface area contributed by atoms with Crippen molar-refractivity contribution in [3.63, 3.8) is 0 Å². The van der Waals surface area contributed by atoms with Gasteiger partial charge in [-0.2, -0.15) is 0 Å². The Labute approximate surface area is 122 Å². The van der Waals surface area contributed by atoms with Crippen molar-refractivity contribution in [2.24, 2.45) is 0 Å². The standard InChI is InChI=1S/C14H19IO3/c1-16-14(10-8-13(11-15)17-18-14)9-7-12-5-3-2-4-6-12/h2-6,13H,7-11H2,1H3. The van der Waals surface area contributed by atoms with E-state index < -0.39 is 5.79 Å². The van der Waals surface area contributed by atoms with E-state index in [0.717, 1.165) is 30.1 Å². The molecular weight excluding hydrogens is 343 g/mol. The summed E-state index contributed by atoms with van der Waals surface area (Å²) in [7, 11) is 1.69. The first-order valence-corrected chi connectivity index (χ1v) is 7.80. The van der Waals surface area contributed by atoms with Crippen molar-refractivity contribution >= 4 is 22.6 Å².